The molecule has 0 bridgehead atoms. The Hall–Kier alpha value is -1.22. The summed E-state index contributed by atoms with van der Waals surface area (Å²) in [5.41, 5.74) is 0.373. The highest BCUT2D eigenvalue weighted by molar-refractivity contribution is 5.44. The third-order valence-electron chi connectivity index (χ3n) is 4.34. The van der Waals surface area contributed by atoms with E-state index in [1.165, 1.54) is 0 Å². The smallest absolute Gasteiger partial charge is 0.125 e. The summed E-state index contributed by atoms with van der Waals surface area (Å²) in [5, 5.41) is 11.0. The topological polar surface area (TPSA) is 38.7 Å². The second kappa shape index (κ2) is 5.04. The van der Waals surface area contributed by atoms with Crippen molar-refractivity contribution in [2.45, 2.75) is 45.1 Å². The highest BCUT2D eigenvalue weighted by Gasteiger charge is 2.39. The van der Waals surface area contributed by atoms with E-state index in [2.05, 4.69) is 13.8 Å². The molecule has 19 heavy (non-hydrogen) atoms. The second-order valence-electron chi connectivity index (χ2n) is 6.26. The molecule has 1 aliphatic carbocycles. The first-order chi connectivity index (χ1) is 8.90. The molecule has 0 spiro atoms. The summed E-state index contributed by atoms with van der Waals surface area (Å²) in [6, 6.07) is 5.63. The summed E-state index contributed by atoms with van der Waals surface area (Å²) < 4.78 is 10.7. The van der Waals surface area contributed by atoms with Gasteiger partial charge in [0, 0.05) is 5.56 Å². The van der Waals surface area contributed by atoms with Crippen molar-refractivity contribution in [2.75, 3.05) is 14.2 Å². The zero-order chi connectivity index (χ0) is 14.1. The molecule has 1 aromatic rings. The summed E-state index contributed by atoms with van der Waals surface area (Å²) >= 11 is 0. The molecule has 1 aliphatic rings. The molecular weight excluding hydrogens is 240 g/mol. The summed E-state index contributed by atoms with van der Waals surface area (Å²) in [5.74, 6) is 1.50. The van der Waals surface area contributed by atoms with Gasteiger partial charge in [-0.05, 0) is 49.3 Å². The molecule has 0 saturated heterocycles. The van der Waals surface area contributed by atoms with E-state index in [1.807, 2.05) is 18.2 Å². The van der Waals surface area contributed by atoms with Crippen LogP contribution in [0, 0.1) is 5.41 Å². The van der Waals surface area contributed by atoms with Crippen molar-refractivity contribution in [3.8, 4) is 11.5 Å². The van der Waals surface area contributed by atoms with Crippen LogP contribution >= 0.6 is 0 Å². The van der Waals surface area contributed by atoms with Crippen LogP contribution in [0.2, 0.25) is 0 Å². The summed E-state index contributed by atoms with van der Waals surface area (Å²) in [6.45, 7) is 4.52. The van der Waals surface area contributed by atoms with Crippen LogP contribution in [0.1, 0.15) is 45.1 Å². The Labute approximate surface area is 115 Å². The van der Waals surface area contributed by atoms with Crippen molar-refractivity contribution in [3.05, 3.63) is 23.8 Å². The Morgan fingerprint density at radius 3 is 2.16 bits per heavy atom. The number of hydrogen-bond acceptors (Lipinski definition) is 3. The monoisotopic (exact) mass is 264 g/mol. The lowest BCUT2D eigenvalue weighted by Gasteiger charge is -2.41. The van der Waals surface area contributed by atoms with Gasteiger partial charge in [-0.2, -0.15) is 0 Å². The van der Waals surface area contributed by atoms with E-state index in [-0.39, 0.29) is 0 Å². The predicted octanol–water partition coefficient (Wildman–Crippen LogP) is 3.49. The van der Waals surface area contributed by atoms with E-state index in [9.17, 15) is 5.11 Å². The molecule has 0 aliphatic heterocycles. The standard InChI is InChI=1S/C16H24O3/c1-15(2)7-9-16(17,10-8-15)13-11-12(18-3)5-6-14(13)19-4/h5-6,11,17H,7-10H2,1-4H3. The third kappa shape index (κ3) is 2.86. The fourth-order valence-electron chi connectivity index (χ4n) is 2.79. The van der Waals surface area contributed by atoms with Crippen LogP contribution in [0.5, 0.6) is 11.5 Å². The van der Waals surface area contributed by atoms with Crippen molar-refractivity contribution in [1.29, 1.82) is 0 Å². The number of rotatable bonds is 3. The van der Waals surface area contributed by atoms with Gasteiger partial charge in [0.15, 0.2) is 0 Å². The van der Waals surface area contributed by atoms with E-state index in [0.29, 0.717) is 5.41 Å². The number of ether oxygens (including phenoxy) is 2. The molecular formula is C16H24O3. The van der Waals surface area contributed by atoms with Crippen LogP contribution in [0.25, 0.3) is 0 Å². The fraction of sp³-hybridized carbons (Fsp3) is 0.625. The highest BCUT2D eigenvalue weighted by Crippen LogP contribution is 2.47. The van der Waals surface area contributed by atoms with Crippen LogP contribution in [-0.2, 0) is 5.60 Å². The van der Waals surface area contributed by atoms with Crippen LogP contribution in [0.15, 0.2) is 18.2 Å². The van der Waals surface area contributed by atoms with E-state index in [4.69, 9.17) is 9.47 Å². The molecule has 1 saturated carbocycles. The molecule has 0 amide bonds. The van der Waals surface area contributed by atoms with Gasteiger partial charge in [-0.3, -0.25) is 0 Å². The lowest BCUT2D eigenvalue weighted by molar-refractivity contribution is -0.0322. The SMILES string of the molecule is COc1ccc(OC)c(C2(O)CCC(C)(C)CC2)c1. The largest absolute Gasteiger partial charge is 0.497 e. The second-order valence-corrected chi connectivity index (χ2v) is 6.26. The van der Waals surface area contributed by atoms with Gasteiger partial charge in [-0.15, -0.1) is 0 Å². The molecule has 0 unspecified atom stereocenters. The maximum absolute atomic E-state index is 11.0. The van der Waals surface area contributed by atoms with Crippen LogP contribution in [0.4, 0.5) is 0 Å². The Morgan fingerprint density at radius 1 is 1.00 bits per heavy atom. The van der Waals surface area contributed by atoms with Crippen molar-refractivity contribution in [3.63, 3.8) is 0 Å². The lowest BCUT2D eigenvalue weighted by Crippen LogP contribution is -2.34. The first-order valence-corrected chi connectivity index (χ1v) is 6.85. The van der Waals surface area contributed by atoms with Gasteiger partial charge < -0.3 is 14.6 Å². The number of hydrogen-bond donors (Lipinski definition) is 1. The average molecular weight is 264 g/mol. The van der Waals surface area contributed by atoms with Gasteiger partial charge in [-0.1, -0.05) is 13.8 Å². The molecule has 0 atom stereocenters. The molecule has 1 aromatic carbocycles. The molecule has 0 aromatic heterocycles. The van der Waals surface area contributed by atoms with Crippen molar-refractivity contribution >= 4 is 0 Å². The van der Waals surface area contributed by atoms with Crippen LogP contribution in [0.3, 0.4) is 0 Å². The summed E-state index contributed by atoms with van der Waals surface area (Å²) in [7, 11) is 3.28. The molecule has 106 valence electrons. The first kappa shape index (κ1) is 14.2. The molecule has 0 heterocycles. The maximum atomic E-state index is 11.0. The minimum Gasteiger partial charge on any atom is -0.497 e. The minimum absolute atomic E-state index is 0.318. The number of aliphatic hydroxyl groups is 1. The Kier molecular flexibility index (Phi) is 3.77. The fourth-order valence-corrected chi connectivity index (χ4v) is 2.79. The van der Waals surface area contributed by atoms with Gasteiger partial charge in [0.25, 0.3) is 0 Å². The average Bonchev–Trinajstić information content (AvgIpc) is 2.42. The van der Waals surface area contributed by atoms with Crippen LogP contribution in [-0.4, -0.2) is 19.3 Å². The van der Waals surface area contributed by atoms with Crippen LogP contribution < -0.4 is 9.47 Å². The quantitative estimate of drug-likeness (QED) is 0.908. The van der Waals surface area contributed by atoms with E-state index < -0.39 is 5.60 Å². The summed E-state index contributed by atoms with van der Waals surface area (Å²) in [4.78, 5) is 0. The molecule has 0 radical (unpaired) electrons. The molecule has 1 N–H and O–H groups in total. The highest BCUT2D eigenvalue weighted by atomic mass is 16.5. The van der Waals surface area contributed by atoms with Crippen molar-refractivity contribution < 1.29 is 14.6 Å². The molecule has 3 heteroatoms. The number of methoxy groups -OCH3 is 2. The Morgan fingerprint density at radius 2 is 1.63 bits per heavy atom. The lowest BCUT2D eigenvalue weighted by atomic mass is 9.68. The maximum Gasteiger partial charge on any atom is 0.125 e. The summed E-state index contributed by atoms with van der Waals surface area (Å²) in [6.07, 6.45) is 3.57. The van der Waals surface area contributed by atoms with Gasteiger partial charge >= 0.3 is 0 Å². The van der Waals surface area contributed by atoms with E-state index in [0.717, 1.165) is 42.7 Å². The van der Waals surface area contributed by atoms with Gasteiger partial charge in [-0.25, -0.2) is 0 Å². The van der Waals surface area contributed by atoms with E-state index >= 15 is 0 Å². The zero-order valence-corrected chi connectivity index (χ0v) is 12.3. The van der Waals surface area contributed by atoms with E-state index in [1.54, 1.807) is 14.2 Å². The van der Waals surface area contributed by atoms with Crippen molar-refractivity contribution in [1.82, 2.24) is 0 Å². The zero-order valence-electron chi connectivity index (χ0n) is 12.3. The molecule has 2 rings (SSSR count). The van der Waals surface area contributed by atoms with Crippen molar-refractivity contribution in [2.24, 2.45) is 5.41 Å². The number of benzene rings is 1. The Bertz CT molecular complexity index is 441. The molecule has 1 fully saturated rings. The third-order valence-corrected chi connectivity index (χ3v) is 4.34. The predicted molar refractivity (Wildman–Crippen MR) is 75.7 cm³/mol. The Balaban J connectivity index is 2.34. The normalized spacial score (nSPS) is 20.9. The van der Waals surface area contributed by atoms with Gasteiger partial charge in [0.2, 0.25) is 0 Å². The molecule has 3 nitrogen and oxygen atoms in total. The van der Waals surface area contributed by atoms with Gasteiger partial charge in [0.05, 0.1) is 19.8 Å². The minimum atomic E-state index is -0.796. The van der Waals surface area contributed by atoms with Gasteiger partial charge in [0.1, 0.15) is 11.5 Å². The first-order valence-electron chi connectivity index (χ1n) is 6.85.